The Kier molecular flexibility index (Phi) is 7.84. The Labute approximate surface area is 236 Å². The van der Waals surface area contributed by atoms with Crippen molar-refractivity contribution in [2.24, 2.45) is 10.2 Å². The summed E-state index contributed by atoms with van der Waals surface area (Å²) in [5.74, 6) is -1.19. The zero-order chi connectivity index (χ0) is 31.2. The lowest BCUT2D eigenvalue weighted by molar-refractivity contribution is 0.472. The summed E-state index contributed by atoms with van der Waals surface area (Å²) >= 11 is 0. The van der Waals surface area contributed by atoms with E-state index in [0.717, 1.165) is 13.0 Å². The lowest BCUT2D eigenvalue weighted by Gasteiger charge is -2.12. The predicted octanol–water partition coefficient (Wildman–Crippen LogP) is 3.12. The van der Waals surface area contributed by atoms with Crippen molar-refractivity contribution in [3.8, 4) is 5.75 Å². The highest BCUT2D eigenvalue weighted by atomic mass is 32.2. The van der Waals surface area contributed by atoms with Crippen molar-refractivity contribution in [2.45, 2.75) is 21.6 Å². The molecule has 3 aromatic carbocycles. The molecule has 0 unspecified atom stereocenters. The molecule has 4 aromatic rings. The second-order valence-corrected chi connectivity index (χ2v) is 12.5. The van der Waals surface area contributed by atoms with Gasteiger partial charge in [0.15, 0.2) is 5.75 Å². The summed E-state index contributed by atoms with van der Waals surface area (Å²) in [6, 6.07) is 5.99. The number of halogens is 1. The van der Waals surface area contributed by atoms with Gasteiger partial charge < -0.3 is 15.7 Å². The Hall–Kier alpha value is -4.41. The minimum absolute atomic E-state index is 0.00457. The molecule has 0 fully saturated rings. The standard InChI is InChI=1S/C21H18FN7O10S3/c1-9-5-15(41(34,35)36)13(8-14(9)40(31,32)33)28-29-17-16(42(37,38)39)7-10-6-11(3-4-12(10)18(17)30)24-21-26-19(22)25-20(23-2)27-21/h3-8,30H,1-2H3,(H,31,32,33)(H,34,35,36)(H,37,38,39)(H2,23,24,25,26,27). The predicted molar refractivity (Wildman–Crippen MR) is 143 cm³/mol. The van der Waals surface area contributed by atoms with Gasteiger partial charge in [-0.25, -0.2) is 0 Å². The van der Waals surface area contributed by atoms with Crippen LogP contribution < -0.4 is 10.6 Å². The fourth-order valence-corrected chi connectivity index (χ4v) is 5.76. The lowest BCUT2D eigenvalue weighted by Crippen LogP contribution is -2.05. The van der Waals surface area contributed by atoms with Gasteiger partial charge in [-0.1, -0.05) is 0 Å². The molecule has 21 heteroatoms. The number of rotatable bonds is 8. The number of phenolic OH excluding ortho intramolecular Hbond substituents is 1. The van der Waals surface area contributed by atoms with Crippen LogP contribution in [0.3, 0.4) is 0 Å². The molecule has 0 spiro atoms. The first-order chi connectivity index (χ1) is 19.4. The van der Waals surface area contributed by atoms with E-state index in [2.05, 4.69) is 35.8 Å². The normalized spacial score (nSPS) is 12.6. The fraction of sp³-hybridized carbons (Fsp3) is 0.0952. The van der Waals surface area contributed by atoms with Crippen molar-refractivity contribution in [3.05, 3.63) is 48.0 Å². The first kappa shape index (κ1) is 30.5. The van der Waals surface area contributed by atoms with Crippen LogP contribution in [0.15, 0.2) is 61.3 Å². The van der Waals surface area contributed by atoms with Gasteiger partial charge in [-0.3, -0.25) is 13.7 Å². The highest BCUT2D eigenvalue weighted by Gasteiger charge is 2.25. The van der Waals surface area contributed by atoms with Crippen LogP contribution >= 0.6 is 0 Å². The maximum Gasteiger partial charge on any atom is 0.315 e. The van der Waals surface area contributed by atoms with E-state index in [1.165, 1.54) is 25.2 Å². The van der Waals surface area contributed by atoms with Crippen molar-refractivity contribution in [1.29, 1.82) is 0 Å². The summed E-state index contributed by atoms with van der Waals surface area (Å²) in [7, 11) is -13.7. The molecule has 17 nitrogen and oxygen atoms in total. The molecule has 0 saturated carbocycles. The van der Waals surface area contributed by atoms with E-state index < -0.39 is 68.2 Å². The quantitative estimate of drug-likeness (QED) is 0.119. The molecule has 222 valence electrons. The number of hydrogen-bond donors (Lipinski definition) is 6. The summed E-state index contributed by atoms with van der Waals surface area (Å²) in [5.41, 5.74) is -1.86. The minimum Gasteiger partial charge on any atom is -0.505 e. The maximum atomic E-state index is 13.7. The number of aromatic hydroxyl groups is 1. The third-order valence-corrected chi connectivity index (χ3v) is 8.23. The van der Waals surface area contributed by atoms with Crippen LogP contribution in [-0.4, -0.2) is 66.0 Å². The Morgan fingerprint density at radius 2 is 1.40 bits per heavy atom. The second kappa shape index (κ2) is 10.8. The molecule has 0 aliphatic rings. The van der Waals surface area contributed by atoms with Crippen LogP contribution in [-0.2, 0) is 30.4 Å². The number of nitrogens with zero attached hydrogens (tertiary/aromatic N) is 5. The molecule has 0 aliphatic heterocycles. The highest BCUT2D eigenvalue weighted by Crippen LogP contribution is 2.43. The lowest BCUT2D eigenvalue weighted by atomic mass is 10.1. The maximum absolute atomic E-state index is 13.7. The van der Waals surface area contributed by atoms with Crippen molar-refractivity contribution < 1.29 is 48.4 Å². The van der Waals surface area contributed by atoms with Crippen LogP contribution in [0.4, 0.5) is 33.3 Å². The Balaban J connectivity index is 1.89. The van der Waals surface area contributed by atoms with Gasteiger partial charge in [-0.05, 0) is 54.3 Å². The number of azo groups is 1. The molecule has 1 heterocycles. The van der Waals surface area contributed by atoms with Crippen molar-refractivity contribution >= 4 is 70.1 Å². The number of hydrogen-bond acceptors (Lipinski definition) is 14. The second-order valence-electron chi connectivity index (χ2n) is 8.35. The van der Waals surface area contributed by atoms with Crippen LogP contribution in [0.5, 0.6) is 5.75 Å². The summed E-state index contributed by atoms with van der Waals surface area (Å²) in [6.45, 7) is 1.12. The van der Waals surface area contributed by atoms with E-state index in [4.69, 9.17) is 0 Å². The van der Waals surface area contributed by atoms with Crippen molar-refractivity contribution in [2.75, 3.05) is 17.7 Å². The van der Waals surface area contributed by atoms with E-state index in [0.29, 0.717) is 12.1 Å². The SMILES string of the molecule is CNc1nc(F)nc(Nc2ccc3c(O)c(N=Nc4cc(S(=O)(=O)O)c(C)cc4S(=O)(=O)O)c(S(=O)(=O)O)cc3c2)n1. The van der Waals surface area contributed by atoms with E-state index >= 15 is 0 Å². The van der Waals surface area contributed by atoms with Crippen LogP contribution in [0.1, 0.15) is 5.56 Å². The number of fused-ring (bicyclic) bond motifs is 1. The zero-order valence-corrected chi connectivity index (χ0v) is 23.5. The largest absolute Gasteiger partial charge is 0.505 e. The highest BCUT2D eigenvalue weighted by molar-refractivity contribution is 7.86. The number of aryl methyl sites for hydroxylation is 1. The molecule has 0 atom stereocenters. The molecule has 0 amide bonds. The summed E-state index contributed by atoms with van der Waals surface area (Å²) in [5, 5.41) is 23.0. The van der Waals surface area contributed by atoms with Gasteiger partial charge in [0.1, 0.15) is 21.2 Å². The smallest absolute Gasteiger partial charge is 0.315 e. The number of aromatic nitrogens is 3. The van der Waals surface area contributed by atoms with Gasteiger partial charge in [0.2, 0.25) is 11.9 Å². The molecular formula is C21H18FN7O10S3. The van der Waals surface area contributed by atoms with E-state index in [9.17, 15) is 48.4 Å². The minimum atomic E-state index is -5.14. The third-order valence-electron chi connectivity index (χ3n) is 5.49. The number of anilines is 3. The topological polar surface area (TPSA) is 271 Å². The number of phenols is 1. The summed E-state index contributed by atoms with van der Waals surface area (Å²) < 4.78 is 114. The van der Waals surface area contributed by atoms with Gasteiger partial charge in [0.25, 0.3) is 30.4 Å². The fourth-order valence-electron chi connectivity index (χ4n) is 3.69. The molecule has 0 saturated heterocycles. The molecule has 0 radical (unpaired) electrons. The number of benzene rings is 3. The first-order valence-electron chi connectivity index (χ1n) is 11.0. The molecule has 4 rings (SSSR count). The van der Waals surface area contributed by atoms with Gasteiger partial charge in [0, 0.05) is 18.1 Å². The third kappa shape index (κ3) is 6.40. The molecule has 0 bridgehead atoms. The van der Waals surface area contributed by atoms with E-state index in [1.54, 1.807) is 0 Å². The van der Waals surface area contributed by atoms with Crippen molar-refractivity contribution in [1.82, 2.24) is 15.0 Å². The first-order valence-corrected chi connectivity index (χ1v) is 15.4. The molecular weight excluding hydrogens is 625 g/mol. The Morgan fingerprint density at radius 1 is 0.786 bits per heavy atom. The molecule has 42 heavy (non-hydrogen) atoms. The molecule has 1 aromatic heterocycles. The average molecular weight is 644 g/mol. The zero-order valence-electron chi connectivity index (χ0n) is 21.0. The van der Waals surface area contributed by atoms with Gasteiger partial charge in [0.05, 0.1) is 4.90 Å². The monoisotopic (exact) mass is 643 g/mol. The molecule has 6 N–H and O–H groups in total. The Bertz CT molecular complexity index is 2120. The van der Waals surface area contributed by atoms with Crippen LogP contribution in [0.25, 0.3) is 10.8 Å². The van der Waals surface area contributed by atoms with Crippen LogP contribution in [0.2, 0.25) is 0 Å². The summed E-state index contributed by atoms with van der Waals surface area (Å²) in [6.07, 6.45) is -1.10. The van der Waals surface area contributed by atoms with Gasteiger partial charge in [-0.2, -0.15) is 44.6 Å². The van der Waals surface area contributed by atoms with E-state index in [1.807, 2.05) is 0 Å². The van der Waals surface area contributed by atoms with Gasteiger partial charge >= 0.3 is 6.08 Å². The average Bonchev–Trinajstić information content (AvgIpc) is 2.86. The number of nitrogens with one attached hydrogen (secondary N) is 2. The van der Waals surface area contributed by atoms with Crippen LogP contribution in [0, 0.1) is 13.0 Å². The summed E-state index contributed by atoms with van der Waals surface area (Å²) in [4.78, 5) is 8.03. The van der Waals surface area contributed by atoms with Crippen molar-refractivity contribution in [3.63, 3.8) is 0 Å². The van der Waals surface area contributed by atoms with Gasteiger partial charge in [-0.15, -0.1) is 10.2 Å². The van der Waals surface area contributed by atoms with E-state index in [-0.39, 0.29) is 33.9 Å². The molecule has 0 aliphatic carbocycles. The Morgan fingerprint density at radius 3 is 2.00 bits per heavy atom.